The first kappa shape index (κ1) is 21.9. The van der Waals surface area contributed by atoms with E-state index >= 15 is 0 Å². The lowest BCUT2D eigenvalue weighted by atomic mass is 10.2. The highest BCUT2D eigenvalue weighted by molar-refractivity contribution is 5.79. The molecule has 1 aliphatic heterocycles. The summed E-state index contributed by atoms with van der Waals surface area (Å²) in [6.45, 7) is 1.43. The second-order valence-electron chi connectivity index (χ2n) is 6.95. The number of ether oxygens (including phenoxy) is 1. The van der Waals surface area contributed by atoms with Gasteiger partial charge in [-0.15, -0.1) is 0 Å². The zero-order valence-corrected chi connectivity index (χ0v) is 16.8. The molecule has 0 aliphatic carbocycles. The Hall–Kier alpha value is -2.75. The molecule has 0 spiro atoms. The molecule has 10 heteroatoms. The molecule has 1 saturated heterocycles. The lowest BCUT2D eigenvalue weighted by Crippen LogP contribution is -2.42. The van der Waals surface area contributed by atoms with Crippen LogP contribution >= 0.6 is 0 Å². The molecule has 1 atom stereocenters. The van der Waals surface area contributed by atoms with Crippen LogP contribution in [0.15, 0.2) is 46.1 Å². The van der Waals surface area contributed by atoms with Gasteiger partial charge in [0.1, 0.15) is 5.76 Å². The van der Waals surface area contributed by atoms with E-state index in [2.05, 4.69) is 25.5 Å². The monoisotopic (exact) mass is 425 g/mol. The Morgan fingerprint density at radius 2 is 2.07 bits per heavy atom. The van der Waals surface area contributed by atoms with Crippen molar-refractivity contribution in [1.29, 1.82) is 0 Å². The highest BCUT2D eigenvalue weighted by atomic mass is 19.4. The van der Waals surface area contributed by atoms with Gasteiger partial charge in [-0.3, -0.25) is 9.89 Å². The van der Waals surface area contributed by atoms with Gasteiger partial charge in [-0.25, -0.2) is 4.98 Å². The van der Waals surface area contributed by atoms with Crippen molar-refractivity contribution in [3.63, 3.8) is 0 Å². The van der Waals surface area contributed by atoms with Crippen LogP contribution in [0.2, 0.25) is 0 Å². The van der Waals surface area contributed by atoms with E-state index < -0.39 is 12.8 Å². The van der Waals surface area contributed by atoms with Crippen LogP contribution in [0, 0.1) is 0 Å². The number of nitrogens with zero attached hydrogens (tertiary/aromatic N) is 3. The number of nitrogens with one attached hydrogen (secondary N) is 2. The summed E-state index contributed by atoms with van der Waals surface area (Å²) in [7, 11) is 1.64. The third-order valence-electron chi connectivity index (χ3n) is 4.81. The van der Waals surface area contributed by atoms with Gasteiger partial charge in [0.2, 0.25) is 5.88 Å². The zero-order chi connectivity index (χ0) is 21.4. The summed E-state index contributed by atoms with van der Waals surface area (Å²) in [6.07, 6.45) is 0.955. The first-order valence-electron chi connectivity index (χ1n) is 9.81. The number of aliphatic imine (C=N–C) groups is 1. The number of guanidine groups is 1. The first-order valence-corrected chi connectivity index (χ1v) is 9.81. The number of hydrogen-bond acceptors (Lipinski definition) is 5. The number of rotatable bonds is 8. The number of aromatic nitrogens is 1. The van der Waals surface area contributed by atoms with Crippen LogP contribution in [0.4, 0.5) is 13.2 Å². The summed E-state index contributed by atoms with van der Waals surface area (Å²) in [4.78, 5) is 10.5. The molecule has 2 aromatic heterocycles. The van der Waals surface area contributed by atoms with Crippen molar-refractivity contribution in [2.45, 2.75) is 31.6 Å². The number of pyridine rings is 1. The molecular formula is C20H26F3N5O2. The molecule has 0 amide bonds. The molecule has 0 saturated carbocycles. The molecule has 7 nitrogen and oxygen atoms in total. The van der Waals surface area contributed by atoms with Crippen molar-refractivity contribution in [3.05, 3.63) is 48.0 Å². The van der Waals surface area contributed by atoms with Gasteiger partial charge in [0.15, 0.2) is 12.6 Å². The van der Waals surface area contributed by atoms with Gasteiger partial charge >= 0.3 is 6.18 Å². The van der Waals surface area contributed by atoms with E-state index in [4.69, 9.17) is 9.15 Å². The predicted octanol–water partition coefficient (Wildman–Crippen LogP) is 3.12. The fourth-order valence-electron chi connectivity index (χ4n) is 3.38. The molecule has 2 N–H and O–H groups in total. The summed E-state index contributed by atoms with van der Waals surface area (Å²) < 4.78 is 47.8. The second kappa shape index (κ2) is 10.3. The maximum Gasteiger partial charge on any atom is 0.422 e. The predicted molar refractivity (Wildman–Crippen MR) is 106 cm³/mol. The number of alkyl halides is 3. The molecular weight excluding hydrogens is 399 g/mol. The van der Waals surface area contributed by atoms with Gasteiger partial charge < -0.3 is 19.8 Å². The maximum absolute atomic E-state index is 12.5. The standard InChI is InChI=1S/C20H26F3N5O2/c1-24-19(26-12-15-6-4-8-25-18(15)30-14-20(21,22)23)27-13-16(17-7-5-11-29-17)28-9-2-3-10-28/h4-8,11,16H,2-3,9-10,12-14H2,1H3,(H2,24,26,27). The number of hydrogen-bond donors (Lipinski definition) is 2. The molecule has 30 heavy (non-hydrogen) atoms. The fraction of sp³-hybridized carbons (Fsp3) is 0.500. The molecule has 164 valence electrons. The first-order chi connectivity index (χ1) is 14.5. The minimum Gasteiger partial charge on any atom is -0.468 e. The van der Waals surface area contributed by atoms with Crippen LogP contribution in [-0.2, 0) is 6.54 Å². The normalized spacial score (nSPS) is 16.5. The van der Waals surface area contributed by atoms with Crippen LogP contribution in [0.3, 0.4) is 0 Å². The van der Waals surface area contributed by atoms with Crippen molar-refractivity contribution in [2.75, 3.05) is 33.3 Å². The van der Waals surface area contributed by atoms with Crippen molar-refractivity contribution in [3.8, 4) is 5.88 Å². The Morgan fingerprint density at radius 3 is 2.73 bits per heavy atom. The molecule has 0 bridgehead atoms. The van der Waals surface area contributed by atoms with E-state index in [0.717, 1.165) is 31.7 Å². The molecule has 0 aromatic carbocycles. The average molecular weight is 425 g/mol. The highest BCUT2D eigenvalue weighted by Gasteiger charge is 2.29. The Kier molecular flexibility index (Phi) is 7.56. The Morgan fingerprint density at radius 1 is 1.27 bits per heavy atom. The SMILES string of the molecule is CN=C(NCc1cccnc1OCC(F)(F)F)NCC(c1ccco1)N1CCCC1. The zero-order valence-electron chi connectivity index (χ0n) is 16.8. The minimum atomic E-state index is -4.42. The fourth-order valence-corrected chi connectivity index (χ4v) is 3.38. The van der Waals surface area contributed by atoms with Gasteiger partial charge in [0.25, 0.3) is 0 Å². The number of furan rings is 1. The Balaban J connectivity index is 1.57. The summed E-state index contributed by atoms with van der Waals surface area (Å²) in [6, 6.07) is 7.21. The van der Waals surface area contributed by atoms with Crippen LogP contribution < -0.4 is 15.4 Å². The van der Waals surface area contributed by atoms with Gasteiger partial charge in [0, 0.05) is 31.9 Å². The molecule has 1 aliphatic rings. The van der Waals surface area contributed by atoms with Gasteiger partial charge in [-0.05, 0) is 44.1 Å². The summed E-state index contributed by atoms with van der Waals surface area (Å²) in [5.74, 6) is 1.36. The highest BCUT2D eigenvalue weighted by Crippen LogP contribution is 2.25. The largest absolute Gasteiger partial charge is 0.468 e. The van der Waals surface area contributed by atoms with E-state index in [1.54, 1.807) is 25.4 Å². The number of likely N-dealkylation sites (tertiary alicyclic amines) is 1. The molecule has 0 radical (unpaired) electrons. The minimum absolute atomic E-state index is 0.0525. The quantitative estimate of drug-likeness (QED) is 0.500. The van der Waals surface area contributed by atoms with Gasteiger partial charge in [-0.1, -0.05) is 6.07 Å². The molecule has 2 aromatic rings. The van der Waals surface area contributed by atoms with Gasteiger partial charge in [-0.2, -0.15) is 13.2 Å². The lowest BCUT2D eigenvalue weighted by molar-refractivity contribution is -0.154. The van der Waals surface area contributed by atoms with E-state index in [-0.39, 0.29) is 18.5 Å². The Bertz CT molecular complexity index is 805. The van der Waals surface area contributed by atoms with E-state index in [1.807, 2.05) is 12.1 Å². The average Bonchev–Trinajstić information content (AvgIpc) is 3.44. The summed E-state index contributed by atoms with van der Waals surface area (Å²) in [5.41, 5.74) is 0.506. The second-order valence-corrected chi connectivity index (χ2v) is 6.95. The molecule has 1 fully saturated rings. The maximum atomic E-state index is 12.5. The van der Waals surface area contributed by atoms with Crippen LogP contribution in [-0.4, -0.2) is 55.3 Å². The van der Waals surface area contributed by atoms with Crippen molar-refractivity contribution in [2.24, 2.45) is 4.99 Å². The van der Waals surface area contributed by atoms with Gasteiger partial charge in [0.05, 0.1) is 12.3 Å². The van der Waals surface area contributed by atoms with E-state index in [9.17, 15) is 13.2 Å². The topological polar surface area (TPSA) is 74.9 Å². The van der Waals surface area contributed by atoms with Crippen molar-refractivity contribution in [1.82, 2.24) is 20.5 Å². The molecule has 3 heterocycles. The van der Waals surface area contributed by atoms with E-state index in [1.165, 1.54) is 6.20 Å². The van der Waals surface area contributed by atoms with Crippen molar-refractivity contribution >= 4 is 5.96 Å². The van der Waals surface area contributed by atoms with Crippen LogP contribution in [0.5, 0.6) is 5.88 Å². The third-order valence-corrected chi connectivity index (χ3v) is 4.81. The molecule has 1 unspecified atom stereocenters. The summed E-state index contributed by atoms with van der Waals surface area (Å²) in [5, 5.41) is 6.38. The lowest BCUT2D eigenvalue weighted by Gasteiger charge is -2.26. The Labute approximate surface area is 173 Å². The van der Waals surface area contributed by atoms with Crippen LogP contribution in [0.25, 0.3) is 0 Å². The smallest absolute Gasteiger partial charge is 0.422 e. The van der Waals surface area contributed by atoms with E-state index in [0.29, 0.717) is 18.1 Å². The van der Waals surface area contributed by atoms with Crippen molar-refractivity contribution < 1.29 is 22.3 Å². The van der Waals surface area contributed by atoms with Crippen LogP contribution in [0.1, 0.15) is 30.2 Å². The third kappa shape index (κ3) is 6.38. The molecule has 3 rings (SSSR count). The number of halogens is 3. The summed E-state index contributed by atoms with van der Waals surface area (Å²) >= 11 is 0.